The molecule has 0 fully saturated rings. The number of nitrogens with zero attached hydrogens (tertiary/aromatic N) is 1. The van der Waals surface area contributed by atoms with Gasteiger partial charge in [-0.15, -0.1) is 0 Å². The number of benzene rings is 2. The van der Waals surface area contributed by atoms with Crippen molar-refractivity contribution >= 4 is 17.9 Å². The van der Waals surface area contributed by atoms with Crippen LogP contribution in [0.2, 0.25) is 0 Å². The molecule has 0 spiro atoms. The molecule has 0 bridgehead atoms. The number of halogens is 1. The van der Waals surface area contributed by atoms with Gasteiger partial charge in [-0.1, -0.05) is 6.07 Å². The third-order valence-electron chi connectivity index (χ3n) is 2.71. The molecule has 0 aliphatic heterocycles. The summed E-state index contributed by atoms with van der Waals surface area (Å²) in [5.41, 5.74) is 1.32. The van der Waals surface area contributed by atoms with Crippen molar-refractivity contribution in [2.75, 3.05) is 0 Å². The van der Waals surface area contributed by atoms with E-state index >= 15 is 0 Å². The van der Waals surface area contributed by atoms with E-state index in [1.807, 2.05) is 0 Å². The van der Waals surface area contributed by atoms with Gasteiger partial charge in [-0.2, -0.15) is 0 Å². The first-order chi connectivity index (χ1) is 10.0. The molecule has 0 aliphatic carbocycles. The van der Waals surface area contributed by atoms with Crippen molar-refractivity contribution in [3.8, 4) is 5.75 Å². The highest BCUT2D eigenvalue weighted by molar-refractivity contribution is 5.82. The Balaban J connectivity index is 2.04. The number of carbonyl (C=O) groups is 1. The van der Waals surface area contributed by atoms with Crippen molar-refractivity contribution in [1.29, 1.82) is 0 Å². The Labute approximate surface area is 121 Å². The van der Waals surface area contributed by atoms with Gasteiger partial charge in [0.15, 0.2) is 6.10 Å². The second-order valence-corrected chi connectivity index (χ2v) is 4.41. The van der Waals surface area contributed by atoms with Gasteiger partial charge in [0.05, 0.1) is 5.69 Å². The van der Waals surface area contributed by atoms with E-state index in [-0.39, 0.29) is 5.82 Å². The molecule has 0 saturated carbocycles. The lowest BCUT2D eigenvalue weighted by molar-refractivity contribution is -0.144. The lowest BCUT2D eigenvalue weighted by Gasteiger charge is -2.09. The van der Waals surface area contributed by atoms with Gasteiger partial charge in [-0.25, -0.2) is 9.18 Å². The predicted octanol–water partition coefficient (Wildman–Crippen LogP) is 3.43. The summed E-state index contributed by atoms with van der Waals surface area (Å²) in [5, 5.41) is 8.75. The van der Waals surface area contributed by atoms with Gasteiger partial charge in [0, 0.05) is 6.21 Å². The van der Waals surface area contributed by atoms with E-state index in [4.69, 9.17) is 9.84 Å². The average Bonchev–Trinajstić information content (AvgIpc) is 2.46. The fraction of sp³-hybridized carbons (Fsp3) is 0.125. The Bertz CT molecular complexity index is 653. The summed E-state index contributed by atoms with van der Waals surface area (Å²) in [6, 6.07) is 12.8. The van der Waals surface area contributed by atoms with Gasteiger partial charge < -0.3 is 9.84 Å². The molecule has 0 saturated heterocycles. The Kier molecular flexibility index (Phi) is 4.66. The van der Waals surface area contributed by atoms with Crippen LogP contribution < -0.4 is 4.74 Å². The van der Waals surface area contributed by atoms with Crippen LogP contribution in [0.3, 0.4) is 0 Å². The van der Waals surface area contributed by atoms with Crippen LogP contribution in [0.15, 0.2) is 53.5 Å². The molecule has 0 amide bonds. The van der Waals surface area contributed by atoms with E-state index in [1.165, 1.54) is 19.1 Å². The smallest absolute Gasteiger partial charge is 0.344 e. The Hall–Kier alpha value is -2.69. The van der Waals surface area contributed by atoms with Crippen LogP contribution in [-0.4, -0.2) is 23.4 Å². The second kappa shape index (κ2) is 6.65. The first-order valence-corrected chi connectivity index (χ1v) is 6.34. The summed E-state index contributed by atoms with van der Waals surface area (Å²) < 4.78 is 18.2. The quantitative estimate of drug-likeness (QED) is 0.857. The fourth-order valence-corrected chi connectivity index (χ4v) is 1.59. The fourth-order valence-electron chi connectivity index (χ4n) is 1.59. The van der Waals surface area contributed by atoms with E-state index in [9.17, 15) is 9.18 Å². The molecular weight excluding hydrogens is 273 g/mol. The molecule has 0 aliphatic rings. The molecule has 2 rings (SSSR count). The molecular formula is C16H14FNO3. The zero-order valence-electron chi connectivity index (χ0n) is 11.4. The Morgan fingerprint density at radius 3 is 2.62 bits per heavy atom. The Morgan fingerprint density at radius 1 is 1.29 bits per heavy atom. The first-order valence-electron chi connectivity index (χ1n) is 6.34. The van der Waals surface area contributed by atoms with Crippen molar-refractivity contribution < 1.29 is 19.0 Å². The van der Waals surface area contributed by atoms with Crippen molar-refractivity contribution in [2.45, 2.75) is 13.0 Å². The first kappa shape index (κ1) is 14.7. The molecule has 1 atom stereocenters. The SMILES string of the molecule is C[C@H](Oc1ccc(C=Nc2cccc(F)c2)cc1)C(=O)O. The normalized spacial score (nSPS) is 12.3. The van der Waals surface area contributed by atoms with Crippen LogP contribution in [0.25, 0.3) is 0 Å². The van der Waals surface area contributed by atoms with Gasteiger partial charge in [0.1, 0.15) is 11.6 Å². The summed E-state index contributed by atoms with van der Waals surface area (Å²) >= 11 is 0. The Morgan fingerprint density at radius 2 is 2.00 bits per heavy atom. The molecule has 5 heteroatoms. The van der Waals surface area contributed by atoms with Gasteiger partial charge in [0.2, 0.25) is 0 Å². The zero-order valence-corrected chi connectivity index (χ0v) is 11.4. The average molecular weight is 287 g/mol. The number of rotatable bonds is 5. The number of aliphatic carboxylic acids is 1. The summed E-state index contributed by atoms with van der Waals surface area (Å²) in [4.78, 5) is 14.8. The van der Waals surface area contributed by atoms with Gasteiger partial charge in [-0.05, 0) is 55.0 Å². The molecule has 0 heterocycles. The van der Waals surface area contributed by atoms with Crippen LogP contribution in [0.4, 0.5) is 10.1 Å². The van der Waals surface area contributed by atoms with Crippen LogP contribution >= 0.6 is 0 Å². The molecule has 0 radical (unpaired) electrons. The summed E-state index contributed by atoms with van der Waals surface area (Å²) in [7, 11) is 0. The molecule has 21 heavy (non-hydrogen) atoms. The van der Waals surface area contributed by atoms with E-state index in [1.54, 1.807) is 42.6 Å². The molecule has 108 valence electrons. The number of aliphatic imine (C=N–C) groups is 1. The standard InChI is InChI=1S/C16H14FNO3/c1-11(16(19)20)21-15-7-5-12(6-8-15)10-18-14-4-2-3-13(17)9-14/h2-11H,1H3,(H,19,20)/t11-/m0/s1. The van der Waals surface area contributed by atoms with Gasteiger partial charge >= 0.3 is 5.97 Å². The van der Waals surface area contributed by atoms with Crippen molar-refractivity contribution in [3.05, 3.63) is 59.9 Å². The highest BCUT2D eigenvalue weighted by atomic mass is 19.1. The third kappa shape index (κ3) is 4.42. The van der Waals surface area contributed by atoms with Crippen LogP contribution in [-0.2, 0) is 4.79 Å². The lowest BCUT2D eigenvalue weighted by Crippen LogP contribution is -2.22. The maximum Gasteiger partial charge on any atom is 0.344 e. The molecule has 1 N–H and O–H groups in total. The lowest BCUT2D eigenvalue weighted by atomic mass is 10.2. The molecule has 4 nitrogen and oxygen atoms in total. The number of carboxylic acid groups (broad SMARTS) is 1. The van der Waals surface area contributed by atoms with Crippen LogP contribution in [0.5, 0.6) is 5.75 Å². The van der Waals surface area contributed by atoms with E-state index in [2.05, 4.69) is 4.99 Å². The molecule has 0 aromatic heterocycles. The summed E-state index contributed by atoms with van der Waals surface area (Å²) in [5.74, 6) is -0.893. The van der Waals surface area contributed by atoms with Crippen molar-refractivity contribution in [3.63, 3.8) is 0 Å². The number of ether oxygens (including phenoxy) is 1. The summed E-state index contributed by atoms with van der Waals surface area (Å²) in [6.07, 6.45) is 0.691. The topological polar surface area (TPSA) is 58.9 Å². The minimum absolute atomic E-state index is 0.337. The molecule has 2 aromatic rings. The number of carboxylic acids is 1. The number of hydrogen-bond donors (Lipinski definition) is 1. The van der Waals surface area contributed by atoms with E-state index in [0.717, 1.165) is 5.56 Å². The largest absolute Gasteiger partial charge is 0.479 e. The molecule has 0 unspecified atom stereocenters. The van der Waals surface area contributed by atoms with Crippen LogP contribution in [0, 0.1) is 5.82 Å². The zero-order chi connectivity index (χ0) is 15.2. The highest BCUT2D eigenvalue weighted by Crippen LogP contribution is 2.15. The van der Waals surface area contributed by atoms with Gasteiger partial charge in [-0.3, -0.25) is 4.99 Å². The second-order valence-electron chi connectivity index (χ2n) is 4.41. The highest BCUT2D eigenvalue weighted by Gasteiger charge is 2.11. The van der Waals surface area contributed by atoms with E-state index in [0.29, 0.717) is 11.4 Å². The third-order valence-corrected chi connectivity index (χ3v) is 2.71. The van der Waals surface area contributed by atoms with Crippen molar-refractivity contribution in [2.24, 2.45) is 4.99 Å². The summed E-state index contributed by atoms with van der Waals surface area (Å²) in [6.45, 7) is 1.46. The van der Waals surface area contributed by atoms with Crippen molar-refractivity contribution in [1.82, 2.24) is 0 Å². The maximum absolute atomic E-state index is 13.0. The van der Waals surface area contributed by atoms with E-state index < -0.39 is 12.1 Å². The maximum atomic E-state index is 13.0. The van der Waals surface area contributed by atoms with Gasteiger partial charge in [0.25, 0.3) is 0 Å². The monoisotopic (exact) mass is 287 g/mol. The minimum atomic E-state index is -1.02. The minimum Gasteiger partial charge on any atom is -0.479 e. The van der Waals surface area contributed by atoms with Crippen LogP contribution in [0.1, 0.15) is 12.5 Å². The predicted molar refractivity (Wildman–Crippen MR) is 77.8 cm³/mol. The number of hydrogen-bond acceptors (Lipinski definition) is 3. The molecule has 2 aromatic carbocycles.